The van der Waals surface area contributed by atoms with Gasteiger partial charge in [-0.05, 0) is 0 Å². The van der Waals surface area contributed by atoms with E-state index in [-0.39, 0.29) is 26.2 Å². The van der Waals surface area contributed by atoms with Crippen LogP contribution in [0.25, 0.3) is 0 Å². The van der Waals surface area contributed by atoms with Crippen LogP contribution in [0.2, 0.25) is 0 Å². The van der Waals surface area contributed by atoms with Gasteiger partial charge in [-0.1, -0.05) is 0 Å². The molecule has 0 spiro atoms. The van der Waals surface area contributed by atoms with Gasteiger partial charge in [-0.25, -0.2) is 24.3 Å². The summed E-state index contributed by atoms with van der Waals surface area (Å²) < 4.78 is 0. The molecule has 0 bridgehead atoms. The summed E-state index contributed by atoms with van der Waals surface area (Å²) in [6, 6.07) is 20.0. The van der Waals surface area contributed by atoms with Crippen LogP contribution < -0.4 is 0 Å². The van der Waals surface area contributed by atoms with Gasteiger partial charge in [0.05, 0.1) is 0 Å². The van der Waals surface area contributed by atoms with Crippen molar-refractivity contribution in [3.8, 4) is 0 Å². The van der Waals surface area contributed by atoms with Gasteiger partial charge in [-0.2, -0.15) is 36.4 Å². The van der Waals surface area contributed by atoms with Crippen LogP contribution in [0.15, 0.2) is 71.8 Å². The van der Waals surface area contributed by atoms with Gasteiger partial charge >= 0.3 is 26.2 Å². The summed E-state index contributed by atoms with van der Waals surface area (Å²) in [5.41, 5.74) is 2.38. The van der Waals surface area contributed by atoms with E-state index in [1.165, 1.54) is 11.1 Å². The Bertz CT molecular complexity index is 326. The van der Waals surface area contributed by atoms with Gasteiger partial charge in [0.15, 0.2) is 0 Å². The van der Waals surface area contributed by atoms with Crippen molar-refractivity contribution in [3.05, 3.63) is 84.0 Å². The van der Waals surface area contributed by atoms with E-state index >= 15 is 0 Å². The van der Waals surface area contributed by atoms with Crippen LogP contribution in [0, 0.1) is 12.2 Å². The first-order valence-corrected chi connectivity index (χ1v) is 6.08. The zero-order valence-electron chi connectivity index (χ0n) is 12.3. The molecule has 0 saturated heterocycles. The molecule has 0 aliphatic carbocycles. The van der Waals surface area contributed by atoms with Gasteiger partial charge < -0.3 is 23.3 Å². The summed E-state index contributed by atoms with van der Waals surface area (Å²) in [6.07, 6.45) is 6.07. The van der Waals surface area contributed by atoms with Crippen molar-refractivity contribution < 1.29 is 26.2 Å². The van der Waals surface area contributed by atoms with E-state index in [4.69, 9.17) is 0 Å². The summed E-state index contributed by atoms with van der Waals surface area (Å²) in [4.78, 5) is 0. The predicted molar refractivity (Wildman–Crippen MR) is 80.3 cm³/mol. The molecule has 0 N–H and O–H groups in total. The van der Waals surface area contributed by atoms with E-state index in [0.29, 0.717) is 0 Å². The van der Waals surface area contributed by atoms with Crippen LogP contribution in [-0.2, 0) is 26.2 Å². The Kier molecular flexibility index (Phi) is 16.2. The molecule has 0 radical (unpaired) electrons. The first-order valence-electron chi connectivity index (χ1n) is 6.08. The Morgan fingerprint density at radius 2 is 0.947 bits per heavy atom. The molecule has 2 rings (SSSR count). The monoisotopic (exact) mass is 328 g/mol. The zero-order valence-corrected chi connectivity index (χ0v) is 14.7. The summed E-state index contributed by atoms with van der Waals surface area (Å²) in [7, 11) is 0. The molecule has 0 amide bonds. The van der Waals surface area contributed by atoms with Crippen molar-refractivity contribution in [2.75, 3.05) is 0 Å². The van der Waals surface area contributed by atoms with E-state index in [9.17, 15) is 0 Å². The fraction of sp³-hybridized carbons (Fsp3) is 0.222. The summed E-state index contributed by atoms with van der Waals surface area (Å²) >= 11 is 0. The topological polar surface area (TPSA) is 0 Å². The van der Waals surface area contributed by atoms with Crippen LogP contribution in [0.1, 0.15) is 27.7 Å². The molecule has 1 heteroatoms. The number of rotatable bonds is 1. The van der Waals surface area contributed by atoms with Crippen LogP contribution in [0.4, 0.5) is 0 Å². The largest absolute Gasteiger partial charge is 4.00 e. The molecule has 0 aliphatic heterocycles. The maximum Gasteiger partial charge on any atom is 4.00 e. The molecule has 0 heterocycles. The smallest absolute Gasteiger partial charge is 0.376 e. The van der Waals surface area contributed by atoms with Crippen LogP contribution >= 0.6 is 0 Å². The second-order valence-corrected chi connectivity index (χ2v) is 3.67. The third kappa shape index (κ3) is 13.3. The molecule has 0 aromatic heterocycles. The van der Waals surface area contributed by atoms with Gasteiger partial charge in [0.25, 0.3) is 0 Å². The van der Waals surface area contributed by atoms with E-state index < -0.39 is 0 Å². The maximum absolute atomic E-state index is 3.03. The third-order valence-corrected chi connectivity index (χ3v) is 2.42. The first-order chi connectivity index (χ1) is 8.72. The maximum atomic E-state index is 3.03. The minimum atomic E-state index is 0. The van der Waals surface area contributed by atoms with Crippen molar-refractivity contribution in [3.63, 3.8) is 0 Å². The molecular formula is C18H22Zr. The fourth-order valence-corrected chi connectivity index (χ4v) is 1.02. The SMILES string of the molecule is C[C-]=C(C)C(C)=[C-]C.[Zr+4].c1cc[cH-]c1.c1cc[cH-]c1. The molecule has 0 fully saturated rings. The van der Waals surface area contributed by atoms with Crippen LogP contribution in [-0.4, -0.2) is 0 Å². The quantitative estimate of drug-likeness (QED) is 0.490. The molecule has 0 saturated carbocycles. The number of allylic oxidation sites excluding steroid dienone is 4. The molecular weight excluding hydrogens is 307 g/mol. The molecule has 0 nitrogen and oxygen atoms in total. The second-order valence-electron chi connectivity index (χ2n) is 3.67. The van der Waals surface area contributed by atoms with Gasteiger partial charge in [-0.15, -0.1) is 27.7 Å². The van der Waals surface area contributed by atoms with Gasteiger partial charge in [0, 0.05) is 0 Å². The Morgan fingerprint density at radius 3 is 1.05 bits per heavy atom. The molecule has 2 aromatic carbocycles. The summed E-state index contributed by atoms with van der Waals surface area (Å²) in [6.45, 7) is 7.89. The predicted octanol–water partition coefficient (Wildman–Crippen LogP) is 5.33. The summed E-state index contributed by atoms with van der Waals surface area (Å²) in [5, 5.41) is 0. The third-order valence-electron chi connectivity index (χ3n) is 2.42. The average molecular weight is 330 g/mol. The van der Waals surface area contributed by atoms with Crippen molar-refractivity contribution in [1.82, 2.24) is 0 Å². The van der Waals surface area contributed by atoms with Gasteiger partial charge in [-0.3, -0.25) is 0 Å². The standard InChI is InChI=1S/C8H12.2C5H5.Zr/c1-5-7(3)8(4)6-2;2*1-2-4-5-3-1;/h1-4H3;2*1-5H;/q-2;2*-1;+4. The van der Waals surface area contributed by atoms with Crippen molar-refractivity contribution in [2.45, 2.75) is 27.7 Å². The molecule has 98 valence electrons. The van der Waals surface area contributed by atoms with Crippen molar-refractivity contribution in [1.29, 1.82) is 0 Å². The Morgan fingerprint density at radius 1 is 0.684 bits per heavy atom. The molecule has 0 unspecified atom stereocenters. The van der Waals surface area contributed by atoms with E-state index in [1.54, 1.807) is 0 Å². The summed E-state index contributed by atoms with van der Waals surface area (Å²) in [5.74, 6) is 0. The van der Waals surface area contributed by atoms with E-state index in [2.05, 4.69) is 12.2 Å². The number of hydrogen-bond donors (Lipinski definition) is 0. The second kappa shape index (κ2) is 15.1. The van der Waals surface area contributed by atoms with Crippen LogP contribution in [0.3, 0.4) is 0 Å². The fourth-order valence-electron chi connectivity index (χ4n) is 1.02. The Labute approximate surface area is 137 Å². The van der Waals surface area contributed by atoms with Gasteiger partial charge in [0.2, 0.25) is 0 Å². The minimum absolute atomic E-state index is 0. The average Bonchev–Trinajstić information content (AvgIpc) is 3.12. The minimum Gasteiger partial charge on any atom is -0.376 e. The van der Waals surface area contributed by atoms with Crippen molar-refractivity contribution >= 4 is 0 Å². The van der Waals surface area contributed by atoms with Crippen molar-refractivity contribution in [2.24, 2.45) is 0 Å². The Hall–Kier alpha value is -0.937. The molecule has 0 atom stereocenters. The molecule has 0 aliphatic rings. The number of hydrogen-bond acceptors (Lipinski definition) is 0. The van der Waals surface area contributed by atoms with E-state index in [1.807, 2.05) is 88.4 Å². The normalized spacial score (nSPS) is 10.3. The van der Waals surface area contributed by atoms with E-state index in [0.717, 1.165) is 0 Å². The van der Waals surface area contributed by atoms with Crippen LogP contribution in [0.5, 0.6) is 0 Å². The molecule has 19 heavy (non-hydrogen) atoms. The van der Waals surface area contributed by atoms with Gasteiger partial charge in [0.1, 0.15) is 0 Å². The zero-order chi connectivity index (χ0) is 13.6. The Balaban J connectivity index is 0. The molecule has 2 aromatic rings. The first kappa shape index (κ1) is 20.4.